The summed E-state index contributed by atoms with van der Waals surface area (Å²) >= 11 is 0. The molecular formula is C10H23N3O2. The Morgan fingerprint density at radius 1 is 1.53 bits per heavy atom. The van der Waals surface area contributed by atoms with Crippen LogP contribution >= 0.6 is 0 Å². The van der Waals surface area contributed by atoms with Gasteiger partial charge < -0.3 is 20.7 Å². The highest BCUT2D eigenvalue weighted by Gasteiger charge is 2.23. The monoisotopic (exact) mass is 217 g/mol. The maximum atomic E-state index is 11.5. The van der Waals surface area contributed by atoms with E-state index in [2.05, 4.69) is 24.1 Å². The van der Waals surface area contributed by atoms with Crippen LogP contribution in [0.2, 0.25) is 0 Å². The number of carbonyl (C=O) groups is 1. The Hall–Kier alpha value is -0.650. The standard InChI is InChI=1S/C10H23N3O2/c1-10(2,13(3)4)7-12-9(14)8(6-11)15-5/h8H,6-7,11H2,1-5H3,(H,12,14). The van der Waals surface area contributed by atoms with Gasteiger partial charge in [0.05, 0.1) is 0 Å². The Morgan fingerprint density at radius 3 is 2.40 bits per heavy atom. The van der Waals surface area contributed by atoms with Crippen molar-refractivity contribution in [1.29, 1.82) is 0 Å². The molecule has 0 fully saturated rings. The lowest BCUT2D eigenvalue weighted by atomic mass is 10.0. The Morgan fingerprint density at radius 2 is 2.07 bits per heavy atom. The molecule has 0 rings (SSSR count). The number of ether oxygens (including phenoxy) is 1. The molecule has 0 heterocycles. The van der Waals surface area contributed by atoms with E-state index in [0.29, 0.717) is 6.54 Å². The topological polar surface area (TPSA) is 67.6 Å². The molecule has 0 saturated heterocycles. The van der Waals surface area contributed by atoms with Crippen LogP contribution < -0.4 is 11.1 Å². The largest absolute Gasteiger partial charge is 0.370 e. The average Bonchev–Trinajstić information content (AvgIpc) is 2.16. The Bertz CT molecular complexity index is 201. The van der Waals surface area contributed by atoms with Crippen molar-refractivity contribution in [3.05, 3.63) is 0 Å². The van der Waals surface area contributed by atoms with E-state index in [1.807, 2.05) is 14.1 Å². The molecule has 0 bridgehead atoms. The van der Waals surface area contributed by atoms with Crippen molar-refractivity contribution < 1.29 is 9.53 Å². The van der Waals surface area contributed by atoms with Gasteiger partial charge in [-0.05, 0) is 27.9 Å². The van der Waals surface area contributed by atoms with Gasteiger partial charge in [-0.15, -0.1) is 0 Å². The first-order chi connectivity index (χ1) is 6.85. The molecule has 0 aromatic rings. The summed E-state index contributed by atoms with van der Waals surface area (Å²) in [6.45, 7) is 4.87. The van der Waals surface area contributed by atoms with Crippen molar-refractivity contribution in [2.75, 3.05) is 34.3 Å². The van der Waals surface area contributed by atoms with Gasteiger partial charge in [-0.25, -0.2) is 0 Å². The lowest BCUT2D eigenvalue weighted by Gasteiger charge is -2.33. The van der Waals surface area contributed by atoms with Crippen LogP contribution in [0.25, 0.3) is 0 Å². The quantitative estimate of drug-likeness (QED) is 0.624. The van der Waals surface area contributed by atoms with Crippen molar-refractivity contribution in [3.63, 3.8) is 0 Å². The minimum Gasteiger partial charge on any atom is -0.370 e. The molecule has 0 aliphatic heterocycles. The van der Waals surface area contributed by atoms with E-state index in [1.54, 1.807) is 0 Å². The summed E-state index contributed by atoms with van der Waals surface area (Å²) in [6, 6.07) is 0. The molecule has 0 aromatic carbocycles. The summed E-state index contributed by atoms with van der Waals surface area (Å²) in [7, 11) is 5.43. The summed E-state index contributed by atoms with van der Waals surface area (Å²) in [6.07, 6.45) is -0.553. The van der Waals surface area contributed by atoms with Gasteiger partial charge in [-0.2, -0.15) is 0 Å². The second kappa shape index (κ2) is 6.05. The zero-order valence-electron chi connectivity index (χ0n) is 10.3. The fourth-order valence-corrected chi connectivity index (χ4v) is 0.886. The number of carbonyl (C=O) groups excluding carboxylic acids is 1. The second-order valence-electron chi connectivity index (χ2n) is 4.38. The van der Waals surface area contributed by atoms with E-state index in [0.717, 1.165) is 0 Å². The van der Waals surface area contributed by atoms with Crippen molar-refractivity contribution in [1.82, 2.24) is 10.2 Å². The van der Waals surface area contributed by atoms with Crippen LogP contribution in [-0.2, 0) is 9.53 Å². The minimum absolute atomic E-state index is 0.0808. The number of hydrogen-bond acceptors (Lipinski definition) is 4. The highest BCUT2D eigenvalue weighted by atomic mass is 16.5. The fourth-order valence-electron chi connectivity index (χ4n) is 0.886. The summed E-state index contributed by atoms with van der Waals surface area (Å²) in [4.78, 5) is 13.6. The van der Waals surface area contributed by atoms with E-state index in [4.69, 9.17) is 10.5 Å². The van der Waals surface area contributed by atoms with Crippen molar-refractivity contribution in [3.8, 4) is 0 Å². The average molecular weight is 217 g/mol. The van der Waals surface area contributed by atoms with Crippen molar-refractivity contribution >= 4 is 5.91 Å². The van der Waals surface area contributed by atoms with Gasteiger partial charge >= 0.3 is 0 Å². The van der Waals surface area contributed by atoms with Crippen LogP contribution in [0.5, 0.6) is 0 Å². The van der Waals surface area contributed by atoms with Crippen molar-refractivity contribution in [2.45, 2.75) is 25.5 Å². The first-order valence-corrected chi connectivity index (χ1v) is 5.03. The molecule has 0 radical (unpaired) electrons. The van der Waals surface area contributed by atoms with Gasteiger partial charge in [-0.1, -0.05) is 0 Å². The number of amides is 1. The first kappa shape index (κ1) is 14.3. The second-order valence-corrected chi connectivity index (χ2v) is 4.38. The molecule has 0 saturated carbocycles. The van der Waals surface area contributed by atoms with Crippen LogP contribution in [0.1, 0.15) is 13.8 Å². The molecule has 0 aromatic heterocycles. The molecule has 15 heavy (non-hydrogen) atoms. The van der Waals surface area contributed by atoms with E-state index in [-0.39, 0.29) is 18.0 Å². The lowest BCUT2D eigenvalue weighted by molar-refractivity contribution is -0.130. The zero-order chi connectivity index (χ0) is 12.1. The molecule has 5 nitrogen and oxygen atoms in total. The van der Waals surface area contributed by atoms with Gasteiger partial charge in [0.1, 0.15) is 6.10 Å². The number of methoxy groups -OCH3 is 1. The molecule has 5 heteroatoms. The summed E-state index contributed by atoms with van der Waals surface area (Å²) in [5.74, 6) is -0.157. The third-order valence-electron chi connectivity index (χ3n) is 2.70. The Balaban J connectivity index is 4.10. The SMILES string of the molecule is COC(CN)C(=O)NCC(C)(C)N(C)C. The number of nitrogens with two attached hydrogens (primary N) is 1. The number of nitrogens with one attached hydrogen (secondary N) is 1. The summed E-state index contributed by atoms with van der Waals surface area (Å²) in [5.41, 5.74) is 5.31. The van der Waals surface area contributed by atoms with E-state index < -0.39 is 6.10 Å². The van der Waals surface area contributed by atoms with Crippen LogP contribution in [0, 0.1) is 0 Å². The van der Waals surface area contributed by atoms with E-state index in [9.17, 15) is 4.79 Å². The third-order valence-corrected chi connectivity index (χ3v) is 2.70. The maximum Gasteiger partial charge on any atom is 0.250 e. The molecule has 0 aliphatic carbocycles. The van der Waals surface area contributed by atoms with Gasteiger partial charge in [0.2, 0.25) is 0 Å². The molecule has 3 N–H and O–H groups in total. The lowest BCUT2D eigenvalue weighted by Crippen LogP contribution is -2.51. The highest BCUT2D eigenvalue weighted by molar-refractivity contribution is 5.81. The number of nitrogens with zero attached hydrogens (tertiary/aromatic N) is 1. The number of rotatable bonds is 6. The molecule has 1 unspecified atom stereocenters. The fraction of sp³-hybridized carbons (Fsp3) is 0.900. The number of likely N-dealkylation sites (N-methyl/N-ethyl adjacent to an activating group) is 1. The van der Waals surface area contributed by atoms with Crippen molar-refractivity contribution in [2.24, 2.45) is 5.73 Å². The maximum absolute atomic E-state index is 11.5. The predicted octanol–water partition coefficient (Wildman–Crippen LogP) is -0.583. The minimum atomic E-state index is -0.553. The molecule has 0 spiro atoms. The molecule has 90 valence electrons. The van der Waals surface area contributed by atoms with Gasteiger partial charge in [0.15, 0.2) is 0 Å². The summed E-state index contributed by atoms with van der Waals surface area (Å²) < 4.78 is 4.94. The molecule has 1 amide bonds. The van der Waals surface area contributed by atoms with E-state index in [1.165, 1.54) is 7.11 Å². The van der Waals surface area contributed by atoms with Gasteiger partial charge in [0, 0.05) is 25.7 Å². The van der Waals surface area contributed by atoms with Crippen LogP contribution in [0.4, 0.5) is 0 Å². The third kappa shape index (κ3) is 4.59. The Labute approximate surface area is 91.9 Å². The normalized spacial score (nSPS) is 14.1. The van der Waals surface area contributed by atoms with E-state index >= 15 is 0 Å². The number of hydrogen-bond donors (Lipinski definition) is 2. The predicted molar refractivity (Wildman–Crippen MR) is 60.6 cm³/mol. The smallest absolute Gasteiger partial charge is 0.250 e. The first-order valence-electron chi connectivity index (χ1n) is 5.03. The summed E-state index contributed by atoms with van der Waals surface area (Å²) in [5, 5.41) is 2.82. The highest BCUT2D eigenvalue weighted by Crippen LogP contribution is 2.07. The van der Waals surface area contributed by atoms with Crippen LogP contribution in [0.3, 0.4) is 0 Å². The van der Waals surface area contributed by atoms with Gasteiger partial charge in [0.25, 0.3) is 5.91 Å². The molecule has 0 aliphatic rings. The molecule has 1 atom stereocenters. The van der Waals surface area contributed by atoms with Gasteiger partial charge in [-0.3, -0.25) is 4.79 Å². The molecular weight excluding hydrogens is 194 g/mol. The van der Waals surface area contributed by atoms with Crippen LogP contribution in [0.15, 0.2) is 0 Å². The Kier molecular flexibility index (Phi) is 5.79. The zero-order valence-corrected chi connectivity index (χ0v) is 10.3. The van der Waals surface area contributed by atoms with Crippen LogP contribution in [-0.4, -0.2) is 56.7 Å².